The van der Waals surface area contributed by atoms with Gasteiger partial charge in [-0.1, -0.05) is 36.2 Å². The number of nitrogens with one attached hydrogen (secondary N) is 1. The molecule has 0 saturated heterocycles. The molecule has 6 heteroatoms. The van der Waals surface area contributed by atoms with Gasteiger partial charge in [0.2, 0.25) is 0 Å². The second-order valence-corrected chi connectivity index (χ2v) is 5.51. The van der Waals surface area contributed by atoms with Gasteiger partial charge in [0.25, 0.3) is 0 Å². The molecule has 1 aromatic heterocycles. The first-order valence-electron chi connectivity index (χ1n) is 6.95. The number of aromatic nitrogens is 2. The summed E-state index contributed by atoms with van der Waals surface area (Å²) in [6, 6.07) is 4.71. The number of nitrogens with zero attached hydrogens (tertiary/aromatic N) is 2. The van der Waals surface area contributed by atoms with Gasteiger partial charge in [-0.2, -0.15) is 5.10 Å². The third-order valence-corrected chi connectivity index (χ3v) is 4.03. The van der Waals surface area contributed by atoms with Gasteiger partial charge in [0.05, 0.1) is 21.4 Å². The summed E-state index contributed by atoms with van der Waals surface area (Å²) in [5.41, 5.74) is 2.82. The van der Waals surface area contributed by atoms with E-state index < -0.39 is 5.82 Å². The van der Waals surface area contributed by atoms with Crippen molar-refractivity contribution in [3.8, 4) is 0 Å². The Labute approximate surface area is 134 Å². The van der Waals surface area contributed by atoms with Crippen molar-refractivity contribution in [2.24, 2.45) is 0 Å². The molecule has 0 aliphatic carbocycles. The van der Waals surface area contributed by atoms with E-state index in [1.165, 1.54) is 6.07 Å². The first-order valence-corrected chi connectivity index (χ1v) is 7.71. The number of hydrogen-bond donors (Lipinski definition) is 1. The first kappa shape index (κ1) is 16.3. The van der Waals surface area contributed by atoms with Gasteiger partial charge < -0.3 is 5.32 Å². The van der Waals surface area contributed by atoms with Crippen molar-refractivity contribution < 1.29 is 4.39 Å². The van der Waals surface area contributed by atoms with Crippen LogP contribution in [0.3, 0.4) is 0 Å². The van der Waals surface area contributed by atoms with E-state index in [1.54, 1.807) is 12.1 Å². The molecule has 0 fully saturated rings. The van der Waals surface area contributed by atoms with Crippen LogP contribution in [-0.4, -0.2) is 9.78 Å². The topological polar surface area (TPSA) is 29.9 Å². The van der Waals surface area contributed by atoms with Crippen LogP contribution in [0.25, 0.3) is 0 Å². The van der Waals surface area contributed by atoms with Crippen LogP contribution in [0, 0.1) is 5.82 Å². The number of benzene rings is 1. The van der Waals surface area contributed by atoms with E-state index in [4.69, 9.17) is 23.2 Å². The van der Waals surface area contributed by atoms with Crippen molar-refractivity contribution in [1.29, 1.82) is 0 Å². The van der Waals surface area contributed by atoms with E-state index in [2.05, 4.69) is 10.4 Å². The molecule has 3 nitrogen and oxygen atoms in total. The largest absolute Gasteiger partial charge is 0.307 e. The molecule has 1 N–H and O–H groups in total. The van der Waals surface area contributed by atoms with Crippen LogP contribution in [0.5, 0.6) is 0 Å². The Kier molecular flexibility index (Phi) is 5.62. The minimum Gasteiger partial charge on any atom is -0.307 e. The van der Waals surface area contributed by atoms with Crippen LogP contribution in [0.1, 0.15) is 30.8 Å². The average molecular weight is 330 g/mol. The summed E-state index contributed by atoms with van der Waals surface area (Å²) in [5.74, 6) is -0.403. The number of halogens is 3. The molecule has 0 radical (unpaired) electrons. The van der Waals surface area contributed by atoms with Gasteiger partial charge in [0.1, 0.15) is 5.82 Å². The highest BCUT2D eigenvalue weighted by Gasteiger charge is 2.13. The zero-order valence-electron chi connectivity index (χ0n) is 12.1. The summed E-state index contributed by atoms with van der Waals surface area (Å²) in [7, 11) is 0. The number of aryl methyl sites for hydroxylation is 2. The SMILES string of the molecule is CCc1nn(CC)c(CNCc2ccc(F)c(Cl)c2)c1Cl. The molecule has 0 aliphatic rings. The van der Waals surface area contributed by atoms with Crippen molar-refractivity contribution in [2.75, 3.05) is 0 Å². The van der Waals surface area contributed by atoms with Crippen molar-refractivity contribution in [3.63, 3.8) is 0 Å². The lowest BCUT2D eigenvalue weighted by molar-refractivity contribution is 0.577. The summed E-state index contributed by atoms with van der Waals surface area (Å²) >= 11 is 12.1. The van der Waals surface area contributed by atoms with Crippen molar-refractivity contribution in [2.45, 2.75) is 39.9 Å². The van der Waals surface area contributed by atoms with Crippen LogP contribution < -0.4 is 5.32 Å². The molecule has 114 valence electrons. The van der Waals surface area contributed by atoms with E-state index in [-0.39, 0.29) is 5.02 Å². The fraction of sp³-hybridized carbons (Fsp3) is 0.400. The lowest BCUT2D eigenvalue weighted by atomic mass is 10.2. The minimum absolute atomic E-state index is 0.138. The van der Waals surface area contributed by atoms with Crippen molar-refractivity contribution in [1.82, 2.24) is 15.1 Å². The normalized spacial score (nSPS) is 11.1. The number of rotatable bonds is 6. The van der Waals surface area contributed by atoms with Crippen LogP contribution in [-0.2, 0) is 26.1 Å². The van der Waals surface area contributed by atoms with Crippen molar-refractivity contribution >= 4 is 23.2 Å². The van der Waals surface area contributed by atoms with Gasteiger partial charge in [-0.05, 0) is 31.0 Å². The van der Waals surface area contributed by atoms with E-state index >= 15 is 0 Å². The molecule has 0 spiro atoms. The highest BCUT2D eigenvalue weighted by atomic mass is 35.5. The zero-order valence-corrected chi connectivity index (χ0v) is 13.6. The van der Waals surface area contributed by atoms with Crippen LogP contribution in [0.15, 0.2) is 18.2 Å². The van der Waals surface area contributed by atoms with Gasteiger partial charge in [-0.25, -0.2) is 4.39 Å². The first-order chi connectivity index (χ1) is 10.1. The highest BCUT2D eigenvalue weighted by Crippen LogP contribution is 2.22. The van der Waals surface area contributed by atoms with E-state index in [0.29, 0.717) is 13.1 Å². The Hall–Kier alpha value is -1.10. The zero-order chi connectivity index (χ0) is 15.4. The third kappa shape index (κ3) is 3.76. The fourth-order valence-corrected chi connectivity index (χ4v) is 2.70. The Balaban J connectivity index is 2.03. The molecule has 1 heterocycles. The van der Waals surface area contributed by atoms with Gasteiger partial charge in [0.15, 0.2) is 0 Å². The molecule has 21 heavy (non-hydrogen) atoms. The van der Waals surface area contributed by atoms with Gasteiger partial charge in [0, 0.05) is 19.6 Å². The third-order valence-electron chi connectivity index (χ3n) is 3.30. The summed E-state index contributed by atoms with van der Waals surface area (Å²) in [5, 5.41) is 8.63. The number of hydrogen-bond acceptors (Lipinski definition) is 2. The molecule has 0 bridgehead atoms. The van der Waals surface area contributed by atoms with Crippen LogP contribution in [0.2, 0.25) is 10.0 Å². The molecule has 0 saturated carbocycles. The summed E-state index contributed by atoms with van der Waals surface area (Å²) in [6.45, 7) is 6.04. The Morgan fingerprint density at radius 2 is 2.00 bits per heavy atom. The molecule has 0 atom stereocenters. The quantitative estimate of drug-likeness (QED) is 0.860. The van der Waals surface area contributed by atoms with Crippen LogP contribution >= 0.6 is 23.2 Å². The second kappa shape index (κ2) is 7.25. The lowest BCUT2D eigenvalue weighted by Crippen LogP contribution is -2.16. The molecular weight excluding hydrogens is 312 g/mol. The Morgan fingerprint density at radius 3 is 2.62 bits per heavy atom. The van der Waals surface area contributed by atoms with Gasteiger partial charge in [-0.3, -0.25) is 4.68 Å². The van der Waals surface area contributed by atoms with Crippen LogP contribution in [0.4, 0.5) is 4.39 Å². The molecule has 2 rings (SSSR count). The summed E-state index contributed by atoms with van der Waals surface area (Å²) in [4.78, 5) is 0. The maximum absolute atomic E-state index is 13.1. The van der Waals surface area contributed by atoms with Gasteiger partial charge in [-0.15, -0.1) is 0 Å². The molecule has 0 amide bonds. The summed E-state index contributed by atoms with van der Waals surface area (Å²) < 4.78 is 15.0. The molecular formula is C15H18Cl2FN3. The molecule has 0 unspecified atom stereocenters. The average Bonchev–Trinajstić information content (AvgIpc) is 2.79. The smallest absolute Gasteiger partial charge is 0.141 e. The monoisotopic (exact) mass is 329 g/mol. The molecule has 2 aromatic rings. The minimum atomic E-state index is -0.403. The standard InChI is InChI=1S/C15H18Cl2FN3/c1-3-13-15(17)14(21(4-2)20-13)9-19-8-10-5-6-12(18)11(16)7-10/h5-7,19H,3-4,8-9H2,1-2H3. The van der Waals surface area contributed by atoms with Gasteiger partial charge >= 0.3 is 0 Å². The Bertz CT molecular complexity index is 626. The molecule has 0 aliphatic heterocycles. The lowest BCUT2D eigenvalue weighted by Gasteiger charge is -2.08. The maximum Gasteiger partial charge on any atom is 0.141 e. The fourth-order valence-electron chi connectivity index (χ4n) is 2.16. The second-order valence-electron chi connectivity index (χ2n) is 4.73. The van der Waals surface area contributed by atoms with E-state index in [0.717, 1.165) is 34.9 Å². The predicted octanol–water partition coefficient (Wildman–Crippen LogP) is 4.20. The van der Waals surface area contributed by atoms with Crippen molar-refractivity contribution in [3.05, 3.63) is 51.0 Å². The highest BCUT2D eigenvalue weighted by molar-refractivity contribution is 6.32. The Morgan fingerprint density at radius 1 is 1.24 bits per heavy atom. The predicted molar refractivity (Wildman–Crippen MR) is 84.2 cm³/mol. The van der Waals surface area contributed by atoms with E-state index in [9.17, 15) is 4.39 Å². The molecule has 1 aromatic carbocycles. The van der Waals surface area contributed by atoms with E-state index in [1.807, 2.05) is 18.5 Å². The maximum atomic E-state index is 13.1. The summed E-state index contributed by atoms with van der Waals surface area (Å²) in [6.07, 6.45) is 0.812.